The molecule has 2 heteroatoms. The first-order chi connectivity index (χ1) is 10.4. The van der Waals surface area contributed by atoms with Gasteiger partial charge in [0.25, 0.3) is 0 Å². The summed E-state index contributed by atoms with van der Waals surface area (Å²) in [4.78, 5) is 4.75. The standard InChI is InChI=1S/C19H13NO/c1-2-9-16(10-3-1)21-18-12-6-8-15-13-14-7-4-5-11-17(14)20-19(15)18/h1-13H. The van der Waals surface area contributed by atoms with Gasteiger partial charge < -0.3 is 4.74 Å². The second-order valence-corrected chi connectivity index (χ2v) is 4.92. The van der Waals surface area contributed by atoms with Gasteiger partial charge in [-0.25, -0.2) is 4.98 Å². The summed E-state index contributed by atoms with van der Waals surface area (Å²) in [5, 5.41) is 2.23. The van der Waals surface area contributed by atoms with Crippen molar-refractivity contribution < 1.29 is 4.74 Å². The lowest BCUT2D eigenvalue weighted by Crippen LogP contribution is -1.89. The summed E-state index contributed by atoms with van der Waals surface area (Å²) < 4.78 is 5.98. The molecule has 0 unspecified atom stereocenters. The molecule has 3 aromatic carbocycles. The summed E-state index contributed by atoms with van der Waals surface area (Å²) in [6.45, 7) is 0. The van der Waals surface area contributed by atoms with Gasteiger partial charge in [0.2, 0.25) is 0 Å². The number of pyridine rings is 1. The highest BCUT2D eigenvalue weighted by Crippen LogP contribution is 2.30. The largest absolute Gasteiger partial charge is 0.455 e. The minimum Gasteiger partial charge on any atom is -0.455 e. The van der Waals surface area contributed by atoms with E-state index in [2.05, 4.69) is 18.2 Å². The topological polar surface area (TPSA) is 22.1 Å². The molecule has 1 aromatic heterocycles. The first-order valence-corrected chi connectivity index (χ1v) is 6.91. The summed E-state index contributed by atoms with van der Waals surface area (Å²) in [5.41, 5.74) is 1.87. The average molecular weight is 271 g/mol. The highest BCUT2D eigenvalue weighted by atomic mass is 16.5. The zero-order chi connectivity index (χ0) is 14.1. The molecule has 0 fully saturated rings. The van der Waals surface area contributed by atoms with Gasteiger partial charge in [-0.15, -0.1) is 0 Å². The van der Waals surface area contributed by atoms with E-state index < -0.39 is 0 Å². The Morgan fingerprint density at radius 1 is 0.667 bits per heavy atom. The summed E-state index contributed by atoms with van der Waals surface area (Å²) >= 11 is 0. The molecule has 100 valence electrons. The van der Waals surface area contributed by atoms with Crippen LogP contribution in [0.25, 0.3) is 21.8 Å². The molecule has 0 atom stereocenters. The predicted molar refractivity (Wildman–Crippen MR) is 85.8 cm³/mol. The molecule has 0 aliphatic rings. The van der Waals surface area contributed by atoms with E-state index >= 15 is 0 Å². The van der Waals surface area contributed by atoms with Crippen LogP contribution in [-0.2, 0) is 0 Å². The maximum absolute atomic E-state index is 5.98. The van der Waals surface area contributed by atoms with Crippen molar-refractivity contribution in [1.82, 2.24) is 4.98 Å². The van der Waals surface area contributed by atoms with Crippen LogP contribution in [-0.4, -0.2) is 4.98 Å². The quantitative estimate of drug-likeness (QED) is 0.469. The zero-order valence-corrected chi connectivity index (χ0v) is 11.4. The molecule has 0 saturated carbocycles. The molecule has 0 N–H and O–H groups in total. The molecule has 0 saturated heterocycles. The van der Waals surface area contributed by atoms with Crippen LogP contribution < -0.4 is 4.74 Å². The Balaban J connectivity index is 1.90. The average Bonchev–Trinajstić information content (AvgIpc) is 2.54. The minimum atomic E-state index is 0.782. The molecular formula is C19H13NO. The number of hydrogen-bond donors (Lipinski definition) is 0. The van der Waals surface area contributed by atoms with E-state index in [1.165, 1.54) is 0 Å². The molecule has 0 bridgehead atoms. The summed E-state index contributed by atoms with van der Waals surface area (Å²) in [7, 11) is 0. The third-order valence-electron chi connectivity index (χ3n) is 3.48. The molecule has 0 aliphatic heterocycles. The van der Waals surface area contributed by atoms with Crippen LogP contribution in [0.3, 0.4) is 0 Å². The number of benzene rings is 3. The monoisotopic (exact) mass is 271 g/mol. The van der Waals surface area contributed by atoms with Crippen molar-refractivity contribution in [3.05, 3.63) is 78.9 Å². The van der Waals surface area contributed by atoms with Gasteiger partial charge in [0.05, 0.1) is 5.52 Å². The van der Waals surface area contributed by atoms with Gasteiger partial charge in [0, 0.05) is 10.8 Å². The summed E-state index contributed by atoms with van der Waals surface area (Å²) in [6.07, 6.45) is 0. The summed E-state index contributed by atoms with van der Waals surface area (Å²) in [5.74, 6) is 1.60. The Kier molecular flexibility index (Phi) is 2.79. The van der Waals surface area contributed by atoms with E-state index in [0.717, 1.165) is 33.3 Å². The van der Waals surface area contributed by atoms with Crippen LogP contribution in [0, 0.1) is 0 Å². The van der Waals surface area contributed by atoms with E-state index in [4.69, 9.17) is 9.72 Å². The zero-order valence-electron chi connectivity index (χ0n) is 11.4. The van der Waals surface area contributed by atoms with E-state index in [1.807, 2.05) is 60.7 Å². The molecule has 0 radical (unpaired) electrons. The molecule has 4 aromatic rings. The molecule has 0 spiro atoms. The smallest absolute Gasteiger partial charge is 0.153 e. The third-order valence-corrected chi connectivity index (χ3v) is 3.48. The van der Waals surface area contributed by atoms with Crippen LogP contribution in [0.5, 0.6) is 11.5 Å². The third kappa shape index (κ3) is 2.21. The molecule has 4 rings (SSSR count). The van der Waals surface area contributed by atoms with E-state index in [9.17, 15) is 0 Å². The van der Waals surface area contributed by atoms with Crippen LogP contribution in [0.15, 0.2) is 78.9 Å². The number of nitrogens with zero attached hydrogens (tertiary/aromatic N) is 1. The molecule has 2 nitrogen and oxygen atoms in total. The highest BCUT2D eigenvalue weighted by molar-refractivity contribution is 5.95. The molecule has 21 heavy (non-hydrogen) atoms. The van der Waals surface area contributed by atoms with Crippen molar-refractivity contribution in [2.75, 3.05) is 0 Å². The van der Waals surface area contributed by atoms with Gasteiger partial charge in [0.1, 0.15) is 11.3 Å². The first-order valence-electron chi connectivity index (χ1n) is 6.91. The predicted octanol–water partition coefficient (Wildman–Crippen LogP) is 5.18. The Labute approximate surface area is 122 Å². The minimum absolute atomic E-state index is 0.782. The lowest BCUT2D eigenvalue weighted by atomic mass is 10.1. The van der Waals surface area contributed by atoms with E-state index in [0.29, 0.717) is 0 Å². The number of rotatable bonds is 2. The van der Waals surface area contributed by atoms with Crippen molar-refractivity contribution in [1.29, 1.82) is 0 Å². The van der Waals surface area contributed by atoms with Crippen LogP contribution in [0.2, 0.25) is 0 Å². The normalized spacial score (nSPS) is 10.9. The molecule has 1 heterocycles. The van der Waals surface area contributed by atoms with Crippen molar-refractivity contribution >= 4 is 21.8 Å². The van der Waals surface area contributed by atoms with Gasteiger partial charge in [-0.1, -0.05) is 48.5 Å². The van der Waals surface area contributed by atoms with Crippen molar-refractivity contribution in [3.63, 3.8) is 0 Å². The van der Waals surface area contributed by atoms with Gasteiger partial charge in [-0.05, 0) is 30.3 Å². The van der Waals surface area contributed by atoms with E-state index in [-0.39, 0.29) is 0 Å². The van der Waals surface area contributed by atoms with E-state index in [1.54, 1.807) is 0 Å². The maximum atomic E-state index is 5.98. The summed E-state index contributed by atoms with van der Waals surface area (Å²) in [6, 6.07) is 26.1. The number of aromatic nitrogens is 1. The number of hydrogen-bond acceptors (Lipinski definition) is 2. The number of para-hydroxylation sites is 3. The number of ether oxygens (including phenoxy) is 1. The molecular weight excluding hydrogens is 258 g/mol. The lowest BCUT2D eigenvalue weighted by Gasteiger charge is -2.09. The highest BCUT2D eigenvalue weighted by Gasteiger charge is 2.06. The maximum Gasteiger partial charge on any atom is 0.153 e. The first kappa shape index (κ1) is 11.9. The fraction of sp³-hybridized carbons (Fsp3) is 0. The second kappa shape index (κ2) is 4.91. The fourth-order valence-electron chi connectivity index (χ4n) is 2.47. The van der Waals surface area contributed by atoms with Gasteiger partial charge in [-0.2, -0.15) is 0 Å². The molecule has 0 aliphatic carbocycles. The van der Waals surface area contributed by atoms with Gasteiger partial charge in [0.15, 0.2) is 5.75 Å². The number of fused-ring (bicyclic) bond motifs is 2. The SMILES string of the molecule is c1ccc(Oc2cccc3cc4ccccc4nc23)cc1. The Morgan fingerprint density at radius 3 is 2.33 bits per heavy atom. The van der Waals surface area contributed by atoms with Gasteiger partial charge in [-0.3, -0.25) is 0 Å². The van der Waals surface area contributed by atoms with Crippen molar-refractivity contribution in [2.45, 2.75) is 0 Å². The fourth-order valence-corrected chi connectivity index (χ4v) is 2.47. The molecule has 0 amide bonds. The van der Waals surface area contributed by atoms with Crippen molar-refractivity contribution in [2.24, 2.45) is 0 Å². The lowest BCUT2D eigenvalue weighted by molar-refractivity contribution is 0.487. The second-order valence-electron chi connectivity index (χ2n) is 4.92. The van der Waals surface area contributed by atoms with Crippen LogP contribution in [0.4, 0.5) is 0 Å². The Hall–Kier alpha value is -2.87. The van der Waals surface area contributed by atoms with Crippen molar-refractivity contribution in [3.8, 4) is 11.5 Å². The Bertz CT molecular complexity index is 916. The van der Waals surface area contributed by atoms with Crippen LogP contribution >= 0.6 is 0 Å². The Morgan fingerprint density at radius 2 is 1.43 bits per heavy atom. The van der Waals surface area contributed by atoms with Crippen LogP contribution in [0.1, 0.15) is 0 Å². The van der Waals surface area contributed by atoms with Gasteiger partial charge >= 0.3 is 0 Å².